The van der Waals surface area contributed by atoms with Crippen molar-refractivity contribution in [1.29, 1.82) is 0 Å². The van der Waals surface area contributed by atoms with Crippen molar-refractivity contribution in [2.75, 3.05) is 13.1 Å². The van der Waals surface area contributed by atoms with Crippen LogP contribution in [0.1, 0.15) is 26.0 Å². The summed E-state index contributed by atoms with van der Waals surface area (Å²) in [5.74, 6) is -0.492. The van der Waals surface area contributed by atoms with E-state index >= 15 is 0 Å². The topological polar surface area (TPSA) is 53.4 Å². The maximum atomic E-state index is 11.5. The summed E-state index contributed by atoms with van der Waals surface area (Å²) in [5.41, 5.74) is 2.29. The Morgan fingerprint density at radius 1 is 1.71 bits per heavy atom. The predicted molar refractivity (Wildman–Crippen MR) is 66.9 cm³/mol. The van der Waals surface area contributed by atoms with Crippen molar-refractivity contribution < 1.29 is 9.90 Å². The van der Waals surface area contributed by atoms with Crippen LogP contribution in [0, 0.1) is 11.3 Å². The molecule has 4 nitrogen and oxygen atoms in total. The quantitative estimate of drug-likeness (QED) is 0.893. The Hall–Kier alpha value is -0.940. The maximum absolute atomic E-state index is 11.5. The zero-order chi connectivity index (χ0) is 12.5. The molecule has 1 N–H and O–H groups in total. The summed E-state index contributed by atoms with van der Waals surface area (Å²) in [7, 11) is 0. The van der Waals surface area contributed by atoms with E-state index in [2.05, 4.69) is 9.88 Å². The fourth-order valence-corrected chi connectivity index (χ4v) is 3.04. The van der Waals surface area contributed by atoms with E-state index < -0.39 is 11.4 Å². The number of aliphatic carboxylic acids is 1. The van der Waals surface area contributed by atoms with E-state index in [0.29, 0.717) is 6.54 Å². The van der Waals surface area contributed by atoms with Gasteiger partial charge in [-0.25, -0.2) is 4.98 Å². The van der Waals surface area contributed by atoms with E-state index in [1.807, 2.05) is 24.7 Å². The van der Waals surface area contributed by atoms with Gasteiger partial charge in [-0.15, -0.1) is 11.3 Å². The molecule has 0 bridgehead atoms. The Morgan fingerprint density at radius 2 is 2.47 bits per heavy atom. The van der Waals surface area contributed by atoms with Crippen LogP contribution in [0.2, 0.25) is 0 Å². The molecule has 0 aliphatic carbocycles. The second-order valence-electron chi connectivity index (χ2n) is 5.06. The average Bonchev–Trinajstić information content (AvgIpc) is 2.87. The number of carboxylic acid groups (broad SMARTS) is 1. The van der Waals surface area contributed by atoms with Gasteiger partial charge in [-0.1, -0.05) is 13.8 Å². The molecule has 1 fully saturated rings. The van der Waals surface area contributed by atoms with Gasteiger partial charge in [0.05, 0.1) is 16.6 Å². The van der Waals surface area contributed by atoms with Crippen LogP contribution < -0.4 is 0 Å². The Bertz CT molecular complexity index is 391. The minimum absolute atomic E-state index is 0.167. The van der Waals surface area contributed by atoms with Crippen LogP contribution in [0.3, 0.4) is 0 Å². The van der Waals surface area contributed by atoms with Crippen molar-refractivity contribution in [3.63, 3.8) is 0 Å². The van der Waals surface area contributed by atoms with Crippen molar-refractivity contribution in [2.45, 2.75) is 26.8 Å². The summed E-state index contributed by atoms with van der Waals surface area (Å²) >= 11 is 1.58. The fraction of sp³-hybridized carbons (Fsp3) is 0.667. The highest BCUT2D eigenvalue weighted by molar-refractivity contribution is 7.07. The van der Waals surface area contributed by atoms with Gasteiger partial charge in [-0.2, -0.15) is 0 Å². The Balaban J connectivity index is 2.05. The molecule has 0 spiro atoms. The van der Waals surface area contributed by atoms with E-state index in [4.69, 9.17) is 0 Å². The Kier molecular flexibility index (Phi) is 3.49. The van der Waals surface area contributed by atoms with Crippen LogP contribution in [-0.2, 0) is 11.3 Å². The molecule has 17 heavy (non-hydrogen) atoms. The van der Waals surface area contributed by atoms with Crippen molar-refractivity contribution >= 4 is 17.3 Å². The van der Waals surface area contributed by atoms with E-state index in [-0.39, 0.29) is 5.92 Å². The molecule has 94 valence electrons. The number of carbonyl (C=O) groups is 1. The van der Waals surface area contributed by atoms with E-state index in [1.165, 1.54) is 0 Å². The second kappa shape index (κ2) is 4.74. The van der Waals surface area contributed by atoms with Gasteiger partial charge in [-0.3, -0.25) is 9.69 Å². The highest BCUT2D eigenvalue weighted by Crippen LogP contribution is 2.38. The third-order valence-electron chi connectivity index (χ3n) is 3.78. The number of aromatic nitrogens is 1. The number of carboxylic acids is 1. The normalized spacial score (nSPS) is 25.6. The van der Waals surface area contributed by atoms with Crippen LogP contribution in [0.4, 0.5) is 0 Å². The molecule has 1 atom stereocenters. The van der Waals surface area contributed by atoms with Gasteiger partial charge in [-0.05, 0) is 18.9 Å². The second-order valence-corrected chi connectivity index (χ2v) is 5.78. The number of likely N-dealkylation sites (tertiary alicyclic amines) is 1. The molecule has 1 aromatic rings. The van der Waals surface area contributed by atoms with Crippen LogP contribution >= 0.6 is 11.3 Å². The first-order valence-corrected chi connectivity index (χ1v) is 6.82. The van der Waals surface area contributed by atoms with Gasteiger partial charge >= 0.3 is 5.97 Å². The van der Waals surface area contributed by atoms with Crippen molar-refractivity contribution in [1.82, 2.24) is 9.88 Å². The number of hydrogen-bond acceptors (Lipinski definition) is 4. The molecule has 5 heteroatoms. The standard InChI is InChI=1S/C12H18N2O2S/c1-9(2)12(11(15)16)3-4-14(7-12)5-10-6-17-8-13-10/h6,8-9H,3-5,7H2,1-2H3,(H,15,16). The van der Waals surface area contributed by atoms with Gasteiger partial charge in [0, 0.05) is 18.5 Å². The molecule has 1 saturated heterocycles. The highest BCUT2D eigenvalue weighted by atomic mass is 32.1. The lowest BCUT2D eigenvalue weighted by molar-refractivity contribution is -0.151. The Labute approximate surface area is 105 Å². The van der Waals surface area contributed by atoms with Gasteiger partial charge in [0.1, 0.15) is 0 Å². The Morgan fingerprint density at radius 3 is 2.94 bits per heavy atom. The molecule has 1 aliphatic heterocycles. The summed E-state index contributed by atoms with van der Waals surface area (Å²) in [6, 6.07) is 0. The highest BCUT2D eigenvalue weighted by Gasteiger charge is 2.47. The van der Waals surface area contributed by atoms with E-state index in [9.17, 15) is 9.90 Å². The molecule has 0 saturated carbocycles. The molecule has 0 radical (unpaired) electrons. The van der Waals surface area contributed by atoms with Gasteiger partial charge < -0.3 is 5.11 Å². The molecular formula is C12H18N2O2S. The smallest absolute Gasteiger partial charge is 0.311 e. The summed E-state index contributed by atoms with van der Waals surface area (Å²) in [4.78, 5) is 17.9. The number of rotatable bonds is 4. The first-order valence-electron chi connectivity index (χ1n) is 5.87. The number of hydrogen-bond donors (Lipinski definition) is 1. The van der Waals surface area contributed by atoms with Crippen LogP contribution in [0.25, 0.3) is 0 Å². The zero-order valence-electron chi connectivity index (χ0n) is 10.2. The lowest BCUT2D eigenvalue weighted by Gasteiger charge is -2.28. The third-order valence-corrected chi connectivity index (χ3v) is 4.42. The summed E-state index contributed by atoms with van der Waals surface area (Å²) in [6.07, 6.45) is 0.740. The molecule has 1 aliphatic rings. The largest absolute Gasteiger partial charge is 0.481 e. The minimum Gasteiger partial charge on any atom is -0.481 e. The molecule has 0 aromatic carbocycles. The van der Waals surface area contributed by atoms with Crippen LogP contribution in [0.5, 0.6) is 0 Å². The third kappa shape index (κ3) is 2.35. The molecule has 1 unspecified atom stereocenters. The number of nitrogens with zero attached hydrogens (tertiary/aromatic N) is 2. The monoisotopic (exact) mass is 254 g/mol. The van der Waals surface area contributed by atoms with Crippen LogP contribution in [-0.4, -0.2) is 34.0 Å². The lowest BCUT2D eigenvalue weighted by Crippen LogP contribution is -2.39. The molecule has 1 aromatic heterocycles. The SMILES string of the molecule is CC(C)C1(C(=O)O)CCN(Cc2cscn2)C1. The van der Waals surface area contributed by atoms with Crippen LogP contribution in [0.15, 0.2) is 10.9 Å². The average molecular weight is 254 g/mol. The van der Waals surface area contributed by atoms with Crippen molar-refractivity contribution in [3.8, 4) is 0 Å². The lowest BCUT2D eigenvalue weighted by atomic mass is 9.76. The molecule has 2 heterocycles. The molecule has 0 amide bonds. The number of thiazole rings is 1. The summed E-state index contributed by atoms with van der Waals surface area (Å²) in [5, 5.41) is 11.5. The van der Waals surface area contributed by atoms with Gasteiger partial charge in [0.15, 0.2) is 0 Å². The van der Waals surface area contributed by atoms with E-state index in [1.54, 1.807) is 11.3 Å². The minimum atomic E-state index is -0.659. The maximum Gasteiger partial charge on any atom is 0.311 e. The first kappa shape index (κ1) is 12.5. The van der Waals surface area contributed by atoms with Gasteiger partial charge in [0.2, 0.25) is 0 Å². The molecular weight excluding hydrogens is 236 g/mol. The molecule has 2 rings (SSSR count). The predicted octanol–water partition coefficient (Wildman–Crippen LogP) is 2.08. The van der Waals surface area contributed by atoms with Crippen molar-refractivity contribution in [2.24, 2.45) is 11.3 Å². The summed E-state index contributed by atoms with van der Waals surface area (Å²) < 4.78 is 0. The van der Waals surface area contributed by atoms with Crippen molar-refractivity contribution in [3.05, 3.63) is 16.6 Å². The first-order chi connectivity index (χ1) is 8.04. The fourth-order valence-electron chi connectivity index (χ4n) is 2.49. The summed E-state index contributed by atoms with van der Waals surface area (Å²) in [6.45, 7) is 6.26. The van der Waals surface area contributed by atoms with Gasteiger partial charge in [0.25, 0.3) is 0 Å². The van der Waals surface area contributed by atoms with E-state index in [0.717, 1.165) is 25.2 Å². The zero-order valence-corrected chi connectivity index (χ0v) is 11.0.